The van der Waals surface area contributed by atoms with Crippen LogP contribution in [0.15, 0.2) is 4.99 Å². The van der Waals surface area contributed by atoms with Gasteiger partial charge in [-0.15, -0.1) is 0 Å². The number of rotatable bonds is 8. The number of guanidine groups is 1. The number of carboxylic acid groups (broad SMARTS) is 2. The Balaban J connectivity index is 0. The van der Waals surface area contributed by atoms with Crippen LogP contribution in [0.2, 0.25) is 0 Å². The molecule has 9 N–H and O–H groups in total. The fourth-order valence-electron chi connectivity index (χ4n) is 1.42. The number of nitrogens with one attached hydrogen (secondary N) is 1. The first kappa shape index (κ1) is 22.9. The minimum Gasteiger partial charge on any atom is -0.481 e. The quantitative estimate of drug-likeness (QED) is 0.179. The van der Waals surface area contributed by atoms with Gasteiger partial charge in [0, 0.05) is 13.5 Å². The van der Waals surface area contributed by atoms with E-state index in [0.29, 0.717) is 19.4 Å². The molecule has 0 aromatic carbocycles. The molecule has 1 amide bonds. The smallest absolute Gasteiger partial charge is 0.326 e. The van der Waals surface area contributed by atoms with Crippen LogP contribution in [0.4, 0.5) is 0 Å². The molecule has 0 aromatic rings. The van der Waals surface area contributed by atoms with Crippen LogP contribution in [0, 0.1) is 5.92 Å². The third kappa shape index (κ3) is 14.3. The molecule has 0 heterocycles. The van der Waals surface area contributed by atoms with E-state index in [4.69, 9.17) is 32.2 Å². The van der Waals surface area contributed by atoms with Crippen LogP contribution in [0.5, 0.6) is 0 Å². The van der Waals surface area contributed by atoms with Crippen LogP contribution in [-0.2, 0) is 14.4 Å². The largest absolute Gasteiger partial charge is 0.481 e. The third-order valence-corrected chi connectivity index (χ3v) is 2.53. The van der Waals surface area contributed by atoms with Gasteiger partial charge in [-0.25, -0.2) is 4.79 Å². The van der Waals surface area contributed by atoms with E-state index in [-0.39, 0.29) is 11.9 Å². The third-order valence-electron chi connectivity index (χ3n) is 2.53. The van der Waals surface area contributed by atoms with Crippen molar-refractivity contribution in [3.05, 3.63) is 0 Å². The van der Waals surface area contributed by atoms with Gasteiger partial charge in [0.25, 0.3) is 5.97 Å². The summed E-state index contributed by atoms with van der Waals surface area (Å²) >= 11 is 0. The van der Waals surface area contributed by atoms with Crippen LogP contribution in [-0.4, -0.2) is 52.6 Å². The minimum atomic E-state index is -1.07. The average molecular weight is 333 g/mol. The van der Waals surface area contributed by atoms with Crippen molar-refractivity contribution in [2.24, 2.45) is 28.1 Å². The highest BCUT2D eigenvalue weighted by Crippen LogP contribution is 2.03. The summed E-state index contributed by atoms with van der Waals surface area (Å²) in [6.07, 6.45) is 0.930. The monoisotopic (exact) mass is 333 g/mol. The van der Waals surface area contributed by atoms with Crippen LogP contribution < -0.4 is 22.5 Å². The number of carboxylic acids is 2. The molecule has 0 saturated heterocycles. The Bertz CT molecular complexity index is 417. The van der Waals surface area contributed by atoms with Gasteiger partial charge in [0.2, 0.25) is 5.91 Å². The molecule has 0 rings (SSSR count). The molecule has 0 bridgehead atoms. The lowest BCUT2D eigenvalue weighted by atomic mass is 10.0. The molecule has 0 aliphatic heterocycles. The number of nitrogens with zero attached hydrogens (tertiary/aromatic N) is 1. The minimum absolute atomic E-state index is 0.0104. The molecule has 0 aliphatic carbocycles. The number of hydrogen-bond donors (Lipinski definition) is 6. The maximum absolute atomic E-state index is 11.7. The van der Waals surface area contributed by atoms with E-state index in [1.807, 2.05) is 0 Å². The second kappa shape index (κ2) is 12.2. The molecule has 10 nitrogen and oxygen atoms in total. The number of aliphatic imine (C=N–C) groups is 1. The van der Waals surface area contributed by atoms with Gasteiger partial charge < -0.3 is 32.7 Å². The first-order valence-corrected chi connectivity index (χ1v) is 7.02. The molecule has 23 heavy (non-hydrogen) atoms. The highest BCUT2D eigenvalue weighted by atomic mass is 16.4. The molecule has 0 saturated carbocycles. The number of carbonyl (C=O) groups excluding carboxylic acids is 1. The van der Waals surface area contributed by atoms with Gasteiger partial charge in [0.1, 0.15) is 6.04 Å². The van der Waals surface area contributed by atoms with Crippen molar-refractivity contribution >= 4 is 23.8 Å². The summed E-state index contributed by atoms with van der Waals surface area (Å²) in [5, 5.41) is 18.8. The lowest BCUT2D eigenvalue weighted by molar-refractivity contribution is -0.143. The van der Waals surface area contributed by atoms with Gasteiger partial charge in [-0.2, -0.15) is 0 Å². The molecule has 0 fully saturated rings. The van der Waals surface area contributed by atoms with Crippen molar-refractivity contribution < 1.29 is 24.6 Å². The Hall–Kier alpha value is -2.36. The Labute approximate surface area is 135 Å². The van der Waals surface area contributed by atoms with E-state index in [0.717, 1.165) is 6.92 Å². The van der Waals surface area contributed by atoms with Crippen LogP contribution in [0.25, 0.3) is 0 Å². The highest BCUT2D eigenvalue weighted by Gasteiger charge is 2.25. The van der Waals surface area contributed by atoms with Crippen LogP contribution in [0.3, 0.4) is 0 Å². The fourth-order valence-corrected chi connectivity index (χ4v) is 1.42. The van der Waals surface area contributed by atoms with Crippen LogP contribution in [0.1, 0.15) is 33.6 Å². The molecule has 0 radical (unpaired) electrons. The number of carbonyl (C=O) groups is 3. The predicted octanol–water partition coefficient (Wildman–Crippen LogP) is -1.32. The van der Waals surface area contributed by atoms with E-state index in [1.165, 1.54) is 0 Å². The molecular weight excluding hydrogens is 306 g/mol. The molecule has 0 spiro atoms. The Morgan fingerprint density at radius 3 is 2.00 bits per heavy atom. The summed E-state index contributed by atoms with van der Waals surface area (Å²) in [5.74, 6) is -2.61. The normalized spacial score (nSPS) is 12.4. The zero-order valence-corrected chi connectivity index (χ0v) is 13.7. The van der Waals surface area contributed by atoms with Crippen LogP contribution >= 0.6 is 0 Å². The van der Waals surface area contributed by atoms with Gasteiger partial charge in [-0.05, 0) is 18.8 Å². The van der Waals surface area contributed by atoms with Crippen molar-refractivity contribution in [1.82, 2.24) is 5.32 Å². The number of amides is 1. The molecule has 0 aliphatic rings. The first-order chi connectivity index (χ1) is 10.5. The van der Waals surface area contributed by atoms with E-state index >= 15 is 0 Å². The number of aliphatic carboxylic acids is 2. The second-order valence-electron chi connectivity index (χ2n) is 5.14. The van der Waals surface area contributed by atoms with Crippen molar-refractivity contribution in [3.8, 4) is 0 Å². The van der Waals surface area contributed by atoms with Crippen molar-refractivity contribution in [2.45, 2.75) is 45.7 Å². The Morgan fingerprint density at radius 1 is 1.17 bits per heavy atom. The van der Waals surface area contributed by atoms with E-state index < -0.39 is 29.9 Å². The first-order valence-electron chi connectivity index (χ1n) is 7.02. The average Bonchev–Trinajstić information content (AvgIpc) is 2.38. The Kier molecular flexibility index (Phi) is 12.2. The second-order valence-corrected chi connectivity index (χ2v) is 5.14. The summed E-state index contributed by atoms with van der Waals surface area (Å²) in [5.41, 5.74) is 16.0. The maximum Gasteiger partial charge on any atom is 0.326 e. The lowest BCUT2D eigenvalue weighted by Crippen LogP contribution is -2.50. The zero-order valence-electron chi connectivity index (χ0n) is 13.7. The predicted molar refractivity (Wildman–Crippen MR) is 85.6 cm³/mol. The van der Waals surface area contributed by atoms with E-state index in [1.54, 1.807) is 13.8 Å². The van der Waals surface area contributed by atoms with Gasteiger partial charge in [0.15, 0.2) is 5.96 Å². The van der Waals surface area contributed by atoms with Crippen molar-refractivity contribution in [1.29, 1.82) is 0 Å². The van der Waals surface area contributed by atoms with Gasteiger partial charge in [0.05, 0.1) is 6.04 Å². The van der Waals surface area contributed by atoms with Gasteiger partial charge in [-0.1, -0.05) is 13.8 Å². The molecule has 0 unspecified atom stereocenters. The number of nitrogens with two attached hydrogens (primary N) is 3. The summed E-state index contributed by atoms with van der Waals surface area (Å²) in [4.78, 5) is 35.4. The van der Waals surface area contributed by atoms with E-state index in [9.17, 15) is 9.59 Å². The zero-order chi connectivity index (χ0) is 18.6. The summed E-state index contributed by atoms with van der Waals surface area (Å²) < 4.78 is 0. The maximum atomic E-state index is 11.7. The number of hydrogen-bond acceptors (Lipinski definition) is 5. The topological polar surface area (TPSA) is 194 Å². The molecule has 134 valence electrons. The molecule has 2 atom stereocenters. The fraction of sp³-hybridized carbons (Fsp3) is 0.692. The van der Waals surface area contributed by atoms with Crippen molar-refractivity contribution in [2.75, 3.05) is 6.54 Å². The molecule has 0 aromatic heterocycles. The highest BCUT2D eigenvalue weighted by molar-refractivity contribution is 5.86. The Morgan fingerprint density at radius 2 is 1.65 bits per heavy atom. The van der Waals surface area contributed by atoms with Gasteiger partial charge >= 0.3 is 5.97 Å². The summed E-state index contributed by atoms with van der Waals surface area (Å²) in [6, 6.07) is -1.70. The molecule has 10 heteroatoms. The van der Waals surface area contributed by atoms with E-state index in [2.05, 4.69) is 10.3 Å². The SMILES string of the molecule is CC(=O)O.CC(C)[C@H](NC(=O)[C@@H](N)CCCN=C(N)N)C(=O)O. The standard InChI is InChI=1S/C11H23N5O3.C2H4O2/c1-6(2)8(10(18)19)16-9(17)7(12)4-3-5-15-11(13)14;1-2(3)4/h6-8H,3-5,12H2,1-2H3,(H,16,17)(H,18,19)(H4,13,14,15);1H3,(H,3,4)/t7-,8-;/m0./s1. The summed E-state index contributed by atoms with van der Waals surface area (Å²) in [6.45, 7) is 4.89. The molecular formula is C13H27N5O5. The van der Waals surface area contributed by atoms with Crippen molar-refractivity contribution in [3.63, 3.8) is 0 Å². The van der Waals surface area contributed by atoms with Gasteiger partial charge in [-0.3, -0.25) is 14.6 Å². The summed E-state index contributed by atoms with van der Waals surface area (Å²) in [7, 11) is 0. The lowest BCUT2D eigenvalue weighted by Gasteiger charge is -2.20.